The molecule has 3 rings (SSSR count). The van der Waals surface area contributed by atoms with Crippen LogP contribution in [0.15, 0.2) is 18.6 Å². The van der Waals surface area contributed by atoms with Gasteiger partial charge in [0.25, 0.3) is 0 Å². The van der Waals surface area contributed by atoms with Crippen molar-refractivity contribution in [2.45, 2.75) is 83.1 Å². The summed E-state index contributed by atoms with van der Waals surface area (Å²) in [4.78, 5) is 33.0. The lowest BCUT2D eigenvalue weighted by Gasteiger charge is -2.23. The minimum absolute atomic E-state index is 0.279. The highest BCUT2D eigenvalue weighted by Gasteiger charge is 2.44. The summed E-state index contributed by atoms with van der Waals surface area (Å²) >= 11 is 1.43. The van der Waals surface area contributed by atoms with Crippen molar-refractivity contribution in [2.24, 2.45) is 0 Å². The van der Waals surface area contributed by atoms with Crippen molar-refractivity contribution in [3.63, 3.8) is 0 Å². The Bertz CT molecular complexity index is 1060. The Morgan fingerprint density at radius 2 is 2.05 bits per heavy atom. The Kier molecular flexibility index (Phi) is 9.99. The number of alkyl carbamates (subject to hydrolysis) is 1. The van der Waals surface area contributed by atoms with Crippen molar-refractivity contribution in [1.82, 2.24) is 19.9 Å². The lowest BCUT2D eigenvalue weighted by atomic mass is 10.1. The van der Waals surface area contributed by atoms with Gasteiger partial charge in [-0.15, -0.1) is 0 Å². The highest BCUT2D eigenvalue weighted by atomic mass is 32.2. The zero-order valence-electron chi connectivity index (χ0n) is 21.6. The second-order valence-electron chi connectivity index (χ2n) is 9.85. The minimum atomic E-state index is -1.17. The summed E-state index contributed by atoms with van der Waals surface area (Å²) in [5, 5.41) is 24.5. The van der Waals surface area contributed by atoms with E-state index in [4.69, 9.17) is 19.9 Å². The first kappa shape index (κ1) is 29.0. The fraction of sp³-hybridized carbons (Fsp3) is 0.667. The van der Waals surface area contributed by atoms with E-state index in [-0.39, 0.29) is 6.61 Å². The van der Waals surface area contributed by atoms with Gasteiger partial charge in [0.2, 0.25) is 0 Å². The number of esters is 1. The highest BCUT2D eigenvalue weighted by Crippen LogP contribution is 2.34. The molecule has 12 nitrogen and oxygen atoms in total. The summed E-state index contributed by atoms with van der Waals surface area (Å²) in [6.07, 6.45) is 0.422. The van der Waals surface area contributed by atoms with Crippen molar-refractivity contribution in [3.8, 4) is 0 Å². The number of aromatic nitrogens is 3. The number of anilines is 1. The molecule has 1 fully saturated rings. The van der Waals surface area contributed by atoms with Gasteiger partial charge >= 0.3 is 12.1 Å². The Morgan fingerprint density at radius 1 is 1.30 bits per heavy atom. The van der Waals surface area contributed by atoms with Crippen LogP contribution in [0.1, 0.15) is 53.2 Å². The third-order valence-corrected chi connectivity index (χ3v) is 6.79. The predicted octanol–water partition coefficient (Wildman–Crippen LogP) is 1.99. The van der Waals surface area contributed by atoms with Crippen LogP contribution in [0.2, 0.25) is 0 Å². The molecule has 0 spiro atoms. The van der Waals surface area contributed by atoms with Crippen LogP contribution in [-0.2, 0) is 19.0 Å². The lowest BCUT2D eigenvalue weighted by molar-refractivity contribution is -0.146. The summed E-state index contributed by atoms with van der Waals surface area (Å²) in [7, 11) is 0. The molecule has 0 unspecified atom stereocenters. The van der Waals surface area contributed by atoms with Gasteiger partial charge in [-0.05, 0) is 45.4 Å². The second-order valence-corrected chi connectivity index (χ2v) is 11.0. The quantitative estimate of drug-likeness (QED) is 0.243. The molecule has 1 amide bonds. The number of ether oxygens (including phenoxy) is 3. The van der Waals surface area contributed by atoms with Gasteiger partial charge in [-0.1, -0.05) is 13.3 Å². The van der Waals surface area contributed by atoms with E-state index in [9.17, 15) is 19.8 Å². The summed E-state index contributed by atoms with van der Waals surface area (Å²) in [5.41, 5.74) is 5.68. The van der Waals surface area contributed by atoms with Crippen molar-refractivity contribution in [3.05, 3.63) is 18.6 Å². The van der Waals surface area contributed by atoms with E-state index in [1.807, 2.05) is 6.92 Å². The number of carbonyl (C=O) groups excluding carboxylic acids is 2. The van der Waals surface area contributed by atoms with Gasteiger partial charge in [-0.25, -0.2) is 19.6 Å². The summed E-state index contributed by atoms with van der Waals surface area (Å²) in [5.74, 6) is 0.613. The zero-order chi connectivity index (χ0) is 27.2. The number of thioether (sulfide) groups is 1. The number of aliphatic hydroxyl groups excluding tert-OH is 2. The molecule has 206 valence electrons. The molecule has 5 atom stereocenters. The number of hydrogen-bond acceptors (Lipinski definition) is 11. The zero-order valence-corrected chi connectivity index (χ0v) is 22.4. The molecule has 37 heavy (non-hydrogen) atoms. The summed E-state index contributed by atoms with van der Waals surface area (Å²) in [6, 6.07) is 0.857. The van der Waals surface area contributed by atoms with E-state index in [1.54, 1.807) is 37.6 Å². The number of unbranched alkanes of at least 4 members (excludes halogenated alkanes) is 1. The van der Waals surface area contributed by atoms with E-state index in [2.05, 4.69) is 15.3 Å². The van der Waals surface area contributed by atoms with Crippen LogP contribution in [0.3, 0.4) is 0 Å². The fourth-order valence-electron chi connectivity index (χ4n) is 3.81. The Morgan fingerprint density at radius 3 is 2.76 bits per heavy atom. The summed E-state index contributed by atoms with van der Waals surface area (Å²) < 4.78 is 18.2. The van der Waals surface area contributed by atoms with Gasteiger partial charge in [-0.3, -0.25) is 0 Å². The van der Waals surface area contributed by atoms with Crippen LogP contribution in [0.25, 0.3) is 11.0 Å². The molecule has 13 heteroatoms. The number of nitrogens with zero attached hydrogens (tertiary/aromatic N) is 3. The first-order chi connectivity index (χ1) is 17.5. The van der Waals surface area contributed by atoms with Crippen LogP contribution in [0, 0.1) is 0 Å². The van der Waals surface area contributed by atoms with Crippen LogP contribution >= 0.6 is 11.8 Å². The molecule has 0 radical (unpaired) electrons. The summed E-state index contributed by atoms with van der Waals surface area (Å²) in [6.45, 7) is 7.49. The van der Waals surface area contributed by atoms with Gasteiger partial charge in [0, 0.05) is 11.9 Å². The van der Waals surface area contributed by atoms with E-state index >= 15 is 0 Å². The Labute approximate surface area is 220 Å². The molecule has 1 aliphatic heterocycles. The molecular formula is C24H37N5O7S. The average Bonchev–Trinajstić information content (AvgIpc) is 3.37. The predicted molar refractivity (Wildman–Crippen MR) is 139 cm³/mol. The van der Waals surface area contributed by atoms with Gasteiger partial charge in [0.05, 0.1) is 18.1 Å². The Balaban J connectivity index is 1.55. The molecule has 5 N–H and O–H groups in total. The topological polar surface area (TPSA) is 171 Å². The number of rotatable bonds is 11. The molecule has 0 bridgehead atoms. The molecule has 0 aliphatic carbocycles. The van der Waals surface area contributed by atoms with E-state index in [0.29, 0.717) is 34.8 Å². The average molecular weight is 540 g/mol. The molecule has 0 aromatic carbocycles. The molecule has 1 aliphatic rings. The van der Waals surface area contributed by atoms with Crippen molar-refractivity contribution in [2.75, 3.05) is 23.8 Å². The van der Waals surface area contributed by atoms with Gasteiger partial charge < -0.3 is 40.0 Å². The number of nitrogens with one attached hydrogen (secondary N) is 1. The minimum Gasteiger partial charge on any atom is -0.464 e. The third-order valence-electron chi connectivity index (χ3n) is 5.70. The molecule has 2 aromatic rings. The highest BCUT2D eigenvalue weighted by molar-refractivity contribution is 7.99. The second kappa shape index (κ2) is 12.8. The maximum absolute atomic E-state index is 12.5. The smallest absolute Gasteiger partial charge is 0.408 e. The molecular weight excluding hydrogens is 502 g/mol. The number of carbonyl (C=O) groups is 2. The van der Waals surface area contributed by atoms with Gasteiger partial charge in [-0.2, -0.15) is 11.8 Å². The number of nitrogen functional groups attached to an aromatic ring is 1. The van der Waals surface area contributed by atoms with E-state index < -0.39 is 48.2 Å². The number of aliphatic hydroxyl groups is 2. The van der Waals surface area contributed by atoms with Crippen molar-refractivity contribution in [1.29, 1.82) is 0 Å². The Hall–Kier alpha value is -2.61. The number of hydrogen-bond donors (Lipinski definition) is 4. The standard InChI is InChI=1S/C24H37N5O7S/c1-5-6-10-34-22(32)15(28-23(33)36-24(2,3)4)8-11-37-12-16-17(30)18(31)21(35-16)29-9-7-14-19(25)26-13-27-20(14)29/h7,9,13,15-18,21,30-31H,5-6,8,10-12H2,1-4H3,(H,28,33)(H2,25,26,27)/t15-,16+,17+,18+,21+/m0/s1. The SMILES string of the molecule is CCCCOC(=O)[C@H](CCSC[C@H]1O[C@@H](n2ccc3c(N)ncnc32)[C@H](O)[C@@H]1O)NC(=O)OC(C)(C)C. The maximum Gasteiger partial charge on any atom is 0.408 e. The van der Waals surface area contributed by atoms with Crippen LogP contribution in [0.4, 0.5) is 10.6 Å². The maximum atomic E-state index is 12.5. The van der Waals surface area contributed by atoms with E-state index in [0.717, 1.165) is 12.8 Å². The molecule has 2 aromatic heterocycles. The number of amides is 1. The van der Waals surface area contributed by atoms with E-state index in [1.165, 1.54) is 18.1 Å². The van der Waals surface area contributed by atoms with Crippen molar-refractivity contribution >= 4 is 40.7 Å². The van der Waals surface area contributed by atoms with Crippen LogP contribution in [0.5, 0.6) is 0 Å². The molecule has 0 saturated carbocycles. The molecule has 1 saturated heterocycles. The van der Waals surface area contributed by atoms with Crippen LogP contribution < -0.4 is 11.1 Å². The van der Waals surface area contributed by atoms with Gasteiger partial charge in [0.15, 0.2) is 6.23 Å². The number of nitrogens with two attached hydrogens (primary N) is 1. The first-order valence-corrected chi connectivity index (χ1v) is 13.5. The van der Waals surface area contributed by atoms with Crippen LogP contribution in [-0.4, -0.2) is 84.9 Å². The number of fused-ring (bicyclic) bond motifs is 1. The normalized spacial score (nSPS) is 22.6. The lowest BCUT2D eigenvalue weighted by Crippen LogP contribution is -2.44. The third kappa shape index (κ3) is 7.69. The monoisotopic (exact) mass is 539 g/mol. The van der Waals surface area contributed by atoms with Gasteiger partial charge in [0.1, 0.15) is 41.6 Å². The molecule has 3 heterocycles. The first-order valence-electron chi connectivity index (χ1n) is 12.3. The van der Waals surface area contributed by atoms with Crippen molar-refractivity contribution < 1.29 is 34.0 Å². The largest absolute Gasteiger partial charge is 0.464 e. The fourth-order valence-corrected chi connectivity index (χ4v) is 4.89.